The van der Waals surface area contributed by atoms with E-state index in [2.05, 4.69) is 15.7 Å². The van der Waals surface area contributed by atoms with Crippen molar-refractivity contribution in [2.75, 3.05) is 13.6 Å². The van der Waals surface area contributed by atoms with E-state index in [-0.39, 0.29) is 30.3 Å². The Bertz CT molecular complexity index is 586. The maximum atomic E-state index is 12.1. The minimum atomic E-state index is -0.0493. The summed E-state index contributed by atoms with van der Waals surface area (Å²) >= 11 is 0. The van der Waals surface area contributed by atoms with Crippen LogP contribution >= 0.6 is 12.4 Å². The number of aromatic nitrogens is 2. The van der Waals surface area contributed by atoms with E-state index in [9.17, 15) is 4.79 Å². The molecule has 1 aromatic carbocycles. The van der Waals surface area contributed by atoms with Crippen molar-refractivity contribution >= 4 is 18.3 Å². The van der Waals surface area contributed by atoms with Gasteiger partial charge in [-0.15, -0.1) is 12.4 Å². The summed E-state index contributed by atoms with van der Waals surface area (Å²) in [6.07, 6.45) is 3.65. The quantitative estimate of drug-likeness (QED) is 0.858. The largest absolute Gasteiger partial charge is 0.349 e. The zero-order chi connectivity index (χ0) is 15.2. The van der Waals surface area contributed by atoms with E-state index in [1.165, 1.54) is 0 Å². The van der Waals surface area contributed by atoms with Gasteiger partial charge in [-0.25, -0.2) is 4.68 Å². The van der Waals surface area contributed by atoms with Crippen molar-refractivity contribution in [1.82, 2.24) is 20.4 Å². The molecule has 2 rings (SSSR count). The number of hydrogen-bond acceptors (Lipinski definition) is 3. The number of nitrogens with one attached hydrogen (secondary N) is 2. The summed E-state index contributed by atoms with van der Waals surface area (Å²) in [7, 11) is 1.85. The van der Waals surface area contributed by atoms with E-state index in [0.29, 0.717) is 6.54 Å². The third kappa shape index (κ3) is 4.58. The van der Waals surface area contributed by atoms with Gasteiger partial charge in [-0.3, -0.25) is 4.79 Å². The molecule has 2 aromatic rings. The fourth-order valence-corrected chi connectivity index (χ4v) is 2.20. The molecule has 0 aliphatic heterocycles. The molecule has 0 saturated heterocycles. The van der Waals surface area contributed by atoms with Gasteiger partial charge in [0.1, 0.15) is 0 Å². The average Bonchev–Trinajstić information content (AvgIpc) is 3.01. The van der Waals surface area contributed by atoms with Crippen LogP contribution in [0.1, 0.15) is 25.5 Å². The van der Waals surface area contributed by atoms with Gasteiger partial charge < -0.3 is 10.6 Å². The second-order valence-corrected chi connectivity index (χ2v) is 5.23. The molecule has 2 atom stereocenters. The van der Waals surface area contributed by atoms with Gasteiger partial charge in [0, 0.05) is 24.9 Å². The van der Waals surface area contributed by atoms with Gasteiger partial charge >= 0.3 is 0 Å². The van der Waals surface area contributed by atoms with Gasteiger partial charge in [0.05, 0.1) is 11.7 Å². The minimum Gasteiger partial charge on any atom is -0.349 e. The van der Waals surface area contributed by atoms with Gasteiger partial charge in [0.25, 0.3) is 0 Å². The van der Waals surface area contributed by atoms with Crippen molar-refractivity contribution in [3.05, 3.63) is 48.3 Å². The highest BCUT2D eigenvalue weighted by molar-refractivity contribution is 5.85. The summed E-state index contributed by atoms with van der Waals surface area (Å²) in [5.41, 5.74) is 2.05. The van der Waals surface area contributed by atoms with Crippen LogP contribution in [0.2, 0.25) is 0 Å². The standard InChI is InChI=1S/C16H22N4O.ClH/c1-12(11-17-3)16(21)19-13(2)14-6-4-7-15(10-14)20-9-5-8-18-20;/h4-10,12-13,17H,11H2,1-3H3,(H,19,21);1H. The second kappa shape index (κ2) is 8.56. The maximum absolute atomic E-state index is 12.1. The number of rotatable bonds is 6. The number of halogens is 1. The van der Waals surface area contributed by atoms with E-state index in [4.69, 9.17) is 0 Å². The van der Waals surface area contributed by atoms with Crippen LogP contribution in [0.3, 0.4) is 0 Å². The Morgan fingerprint density at radius 3 is 2.73 bits per heavy atom. The molecule has 0 aliphatic rings. The smallest absolute Gasteiger partial charge is 0.224 e. The molecule has 0 bridgehead atoms. The Balaban J connectivity index is 0.00000242. The van der Waals surface area contributed by atoms with Gasteiger partial charge in [-0.2, -0.15) is 5.10 Å². The lowest BCUT2D eigenvalue weighted by atomic mass is 10.1. The summed E-state index contributed by atoms with van der Waals surface area (Å²) in [4.78, 5) is 12.1. The molecule has 1 amide bonds. The summed E-state index contributed by atoms with van der Waals surface area (Å²) in [6.45, 7) is 4.58. The predicted molar refractivity (Wildman–Crippen MR) is 90.5 cm³/mol. The summed E-state index contributed by atoms with van der Waals surface area (Å²) in [6, 6.07) is 9.88. The molecule has 0 saturated carbocycles. The molecule has 1 heterocycles. The Kier molecular flexibility index (Phi) is 7.08. The molecule has 6 heteroatoms. The van der Waals surface area contributed by atoms with E-state index in [1.807, 2.05) is 62.1 Å². The van der Waals surface area contributed by atoms with Gasteiger partial charge in [0.2, 0.25) is 5.91 Å². The van der Waals surface area contributed by atoms with Crippen molar-refractivity contribution < 1.29 is 4.79 Å². The molecule has 1 aromatic heterocycles. The highest BCUT2D eigenvalue weighted by Gasteiger charge is 2.15. The van der Waals surface area contributed by atoms with Crippen LogP contribution in [0, 0.1) is 5.92 Å². The first kappa shape index (κ1) is 18.2. The van der Waals surface area contributed by atoms with Gasteiger partial charge in [-0.1, -0.05) is 19.1 Å². The van der Waals surface area contributed by atoms with E-state index >= 15 is 0 Å². The molecule has 2 N–H and O–H groups in total. The summed E-state index contributed by atoms with van der Waals surface area (Å²) in [5, 5.41) is 10.3. The van der Waals surface area contributed by atoms with E-state index < -0.39 is 0 Å². The molecule has 2 unspecified atom stereocenters. The van der Waals surface area contributed by atoms with Crippen molar-refractivity contribution in [2.45, 2.75) is 19.9 Å². The number of nitrogens with zero attached hydrogens (tertiary/aromatic N) is 2. The lowest BCUT2D eigenvalue weighted by molar-refractivity contribution is -0.125. The molecule has 5 nitrogen and oxygen atoms in total. The normalized spacial score (nSPS) is 13.0. The Labute approximate surface area is 137 Å². The first-order valence-electron chi connectivity index (χ1n) is 7.16. The van der Waals surface area contributed by atoms with Gasteiger partial charge in [0.15, 0.2) is 0 Å². The molecular weight excluding hydrogens is 300 g/mol. The highest BCUT2D eigenvalue weighted by Crippen LogP contribution is 2.17. The van der Waals surface area contributed by atoms with E-state index in [0.717, 1.165) is 11.3 Å². The SMILES string of the molecule is CNCC(C)C(=O)NC(C)c1cccc(-n2cccn2)c1.Cl. The van der Waals surface area contributed by atoms with Crippen molar-refractivity contribution in [2.24, 2.45) is 5.92 Å². The zero-order valence-corrected chi connectivity index (χ0v) is 13.9. The third-order valence-electron chi connectivity index (χ3n) is 3.46. The maximum Gasteiger partial charge on any atom is 0.224 e. The Hall–Kier alpha value is -1.85. The number of carbonyl (C=O) groups is 1. The summed E-state index contributed by atoms with van der Waals surface area (Å²) < 4.78 is 1.81. The number of amides is 1. The second-order valence-electron chi connectivity index (χ2n) is 5.23. The lowest BCUT2D eigenvalue weighted by Gasteiger charge is -2.18. The van der Waals surface area contributed by atoms with Crippen LogP contribution in [-0.4, -0.2) is 29.3 Å². The van der Waals surface area contributed by atoms with Crippen LogP contribution in [0.4, 0.5) is 0 Å². The number of hydrogen-bond donors (Lipinski definition) is 2. The molecule has 120 valence electrons. The number of benzene rings is 1. The minimum absolute atomic E-state index is 0. The molecule has 22 heavy (non-hydrogen) atoms. The molecular formula is C16H23ClN4O. The topological polar surface area (TPSA) is 59.0 Å². The summed E-state index contributed by atoms with van der Waals surface area (Å²) in [5.74, 6) is 0.00749. The van der Waals surface area contributed by atoms with Crippen LogP contribution in [-0.2, 0) is 4.79 Å². The molecule has 0 spiro atoms. The fourth-order valence-electron chi connectivity index (χ4n) is 2.20. The van der Waals surface area contributed by atoms with Crippen molar-refractivity contribution in [3.8, 4) is 5.69 Å². The highest BCUT2D eigenvalue weighted by atomic mass is 35.5. The molecule has 0 radical (unpaired) electrons. The fraction of sp³-hybridized carbons (Fsp3) is 0.375. The van der Waals surface area contributed by atoms with Crippen molar-refractivity contribution in [3.63, 3.8) is 0 Å². The predicted octanol–water partition coefficient (Wildman–Crippen LogP) is 2.33. The molecule has 0 fully saturated rings. The van der Waals surface area contributed by atoms with Crippen molar-refractivity contribution in [1.29, 1.82) is 0 Å². The average molecular weight is 323 g/mol. The van der Waals surface area contributed by atoms with E-state index in [1.54, 1.807) is 6.20 Å². The first-order valence-corrected chi connectivity index (χ1v) is 7.16. The number of carbonyl (C=O) groups excluding carboxylic acids is 1. The molecule has 0 aliphatic carbocycles. The zero-order valence-electron chi connectivity index (χ0n) is 13.1. The van der Waals surface area contributed by atoms with Gasteiger partial charge in [-0.05, 0) is 37.7 Å². The Morgan fingerprint density at radius 1 is 1.32 bits per heavy atom. The van der Waals surface area contributed by atoms with Crippen LogP contribution < -0.4 is 10.6 Å². The Morgan fingerprint density at radius 2 is 2.09 bits per heavy atom. The third-order valence-corrected chi connectivity index (χ3v) is 3.46. The van der Waals surface area contributed by atoms with Crippen LogP contribution in [0.25, 0.3) is 5.69 Å². The monoisotopic (exact) mass is 322 g/mol. The lowest BCUT2D eigenvalue weighted by Crippen LogP contribution is -2.35. The first-order chi connectivity index (χ1) is 10.1. The van der Waals surface area contributed by atoms with Crippen LogP contribution in [0.5, 0.6) is 0 Å². The van der Waals surface area contributed by atoms with Crippen LogP contribution in [0.15, 0.2) is 42.7 Å².